The lowest BCUT2D eigenvalue weighted by Crippen LogP contribution is -2.52. The van der Waals surface area contributed by atoms with Crippen LogP contribution in [-0.2, 0) is 4.79 Å². The van der Waals surface area contributed by atoms with Crippen LogP contribution in [0.5, 0.6) is 0 Å². The Morgan fingerprint density at radius 2 is 1.80 bits per heavy atom. The predicted molar refractivity (Wildman–Crippen MR) is 103 cm³/mol. The molecule has 3 rings (SSSR count). The van der Waals surface area contributed by atoms with Gasteiger partial charge < -0.3 is 9.80 Å². The molecule has 2 atom stereocenters. The standard InChI is InChI=1S/C20H28N2O2S/c1-4-18-22(19(23)16-7-5-14(2)6-8-16)17(13-25-18)20(24)21-11-9-15(3)10-12-21/h5-8,15,17-18H,4,9-13H2,1-3H3. The Labute approximate surface area is 154 Å². The Morgan fingerprint density at radius 1 is 1.16 bits per heavy atom. The number of carbonyl (C=O) groups is 2. The van der Waals surface area contributed by atoms with Crippen LogP contribution < -0.4 is 0 Å². The second-order valence-electron chi connectivity index (χ2n) is 7.30. The number of hydrogen-bond donors (Lipinski definition) is 0. The molecule has 0 bridgehead atoms. The highest BCUT2D eigenvalue weighted by molar-refractivity contribution is 8.00. The van der Waals surface area contributed by atoms with Crippen molar-refractivity contribution in [2.45, 2.75) is 51.4 Å². The molecule has 2 aliphatic rings. The number of piperidine rings is 1. The summed E-state index contributed by atoms with van der Waals surface area (Å²) in [4.78, 5) is 30.0. The van der Waals surface area contributed by atoms with Gasteiger partial charge in [-0.2, -0.15) is 0 Å². The largest absolute Gasteiger partial charge is 0.341 e. The van der Waals surface area contributed by atoms with Crippen molar-refractivity contribution < 1.29 is 9.59 Å². The van der Waals surface area contributed by atoms with E-state index >= 15 is 0 Å². The van der Waals surface area contributed by atoms with E-state index in [-0.39, 0.29) is 23.2 Å². The third kappa shape index (κ3) is 3.86. The zero-order valence-electron chi connectivity index (χ0n) is 15.4. The third-order valence-corrected chi connectivity index (χ3v) is 6.81. The molecule has 0 radical (unpaired) electrons. The average Bonchev–Trinajstić information content (AvgIpc) is 3.05. The Kier molecular flexibility index (Phi) is 5.72. The molecule has 4 nitrogen and oxygen atoms in total. The van der Waals surface area contributed by atoms with Crippen molar-refractivity contribution in [1.29, 1.82) is 0 Å². The molecule has 2 heterocycles. The van der Waals surface area contributed by atoms with Crippen LogP contribution in [0.2, 0.25) is 0 Å². The summed E-state index contributed by atoms with van der Waals surface area (Å²) in [6.45, 7) is 7.99. The van der Waals surface area contributed by atoms with Crippen molar-refractivity contribution in [3.63, 3.8) is 0 Å². The van der Waals surface area contributed by atoms with Gasteiger partial charge >= 0.3 is 0 Å². The Hall–Kier alpha value is -1.49. The van der Waals surface area contributed by atoms with Gasteiger partial charge in [-0.1, -0.05) is 31.5 Å². The number of likely N-dealkylation sites (tertiary alicyclic amines) is 1. The van der Waals surface area contributed by atoms with Crippen molar-refractivity contribution in [3.8, 4) is 0 Å². The lowest BCUT2D eigenvalue weighted by atomic mass is 9.98. The maximum Gasteiger partial charge on any atom is 0.255 e. The molecule has 0 saturated carbocycles. The van der Waals surface area contributed by atoms with Gasteiger partial charge in [-0.25, -0.2) is 0 Å². The van der Waals surface area contributed by atoms with E-state index < -0.39 is 0 Å². The van der Waals surface area contributed by atoms with Gasteiger partial charge in [0.05, 0.1) is 5.37 Å². The van der Waals surface area contributed by atoms with Gasteiger partial charge in [0.1, 0.15) is 6.04 Å². The number of carbonyl (C=O) groups excluding carboxylic acids is 2. The number of nitrogens with zero attached hydrogens (tertiary/aromatic N) is 2. The number of rotatable bonds is 3. The van der Waals surface area contributed by atoms with Crippen LogP contribution in [0.15, 0.2) is 24.3 Å². The molecule has 0 aliphatic carbocycles. The molecule has 2 saturated heterocycles. The number of thioether (sulfide) groups is 1. The van der Waals surface area contributed by atoms with Gasteiger partial charge in [0.15, 0.2) is 0 Å². The fraction of sp³-hybridized carbons (Fsp3) is 0.600. The van der Waals surface area contributed by atoms with E-state index in [1.165, 1.54) is 0 Å². The van der Waals surface area contributed by atoms with Gasteiger partial charge in [-0.3, -0.25) is 9.59 Å². The average molecular weight is 361 g/mol. The molecule has 25 heavy (non-hydrogen) atoms. The van der Waals surface area contributed by atoms with Crippen LogP contribution >= 0.6 is 11.8 Å². The van der Waals surface area contributed by atoms with Crippen LogP contribution in [0.3, 0.4) is 0 Å². The Balaban J connectivity index is 1.79. The molecule has 2 fully saturated rings. The van der Waals surface area contributed by atoms with Gasteiger partial charge in [0.25, 0.3) is 5.91 Å². The molecule has 136 valence electrons. The lowest BCUT2D eigenvalue weighted by Gasteiger charge is -2.35. The Bertz CT molecular complexity index is 623. The summed E-state index contributed by atoms with van der Waals surface area (Å²) in [5.41, 5.74) is 1.81. The summed E-state index contributed by atoms with van der Waals surface area (Å²) >= 11 is 1.74. The number of benzene rings is 1. The van der Waals surface area contributed by atoms with Crippen LogP contribution in [0.1, 0.15) is 49.0 Å². The highest BCUT2D eigenvalue weighted by atomic mass is 32.2. The molecule has 1 aromatic carbocycles. The monoisotopic (exact) mass is 360 g/mol. The van der Waals surface area contributed by atoms with E-state index in [4.69, 9.17) is 0 Å². The normalized spacial score (nSPS) is 24.6. The molecule has 0 aromatic heterocycles. The van der Waals surface area contributed by atoms with E-state index in [0.717, 1.165) is 37.9 Å². The highest BCUT2D eigenvalue weighted by Gasteiger charge is 2.42. The fourth-order valence-electron chi connectivity index (χ4n) is 3.63. The molecule has 2 amide bonds. The van der Waals surface area contributed by atoms with Crippen molar-refractivity contribution in [3.05, 3.63) is 35.4 Å². The smallest absolute Gasteiger partial charge is 0.255 e. The van der Waals surface area contributed by atoms with Crippen LogP contribution in [-0.4, -0.2) is 51.9 Å². The first-order chi connectivity index (χ1) is 12.0. The van der Waals surface area contributed by atoms with Crippen molar-refractivity contribution in [2.24, 2.45) is 5.92 Å². The summed E-state index contributed by atoms with van der Waals surface area (Å²) in [6, 6.07) is 7.34. The molecule has 0 N–H and O–H groups in total. The second kappa shape index (κ2) is 7.81. The SMILES string of the molecule is CCC1SCC(C(=O)N2CCC(C)CC2)N1C(=O)c1ccc(C)cc1. The first kappa shape index (κ1) is 18.3. The van der Waals surface area contributed by atoms with E-state index in [1.807, 2.05) is 41.0 Å². The predicted octanol–water partition coefficient (Wildman–Crippen LogP) is 3.55. The van der Waals surface area contributed by atoms with Gasteiger partial charge in [-0.15, -0.1) is 11.8 Å². The van der Waals surface area contributed by atoms with Gasteiger partial charge in [0.2, 0.25) is 5.91 Å². The first-order valence-corrected chi connectivity index (χ1v) is 10.4. The maximum absolute atomic E-state index is 13.1. The van der Waals surface area contributed by atoms with Crippen molar-refractivity contribution >= 4 is 23.6 Å². The Morgan fingerprint density at radius 3 is 2.40 bits per heavy atom. The highest BCUT2D eigenvalue weighted by Crippen LogP contribution is 2.34. The number of amides is 2. The fourth-order valence-corrected chi connectivity index (χ4v) is 4.97. The van der Waals surface area contributed by atoms with E-state index in [9.17, 15) is 9.59 Å². The maximum atomic E-state index is 13.1. The molecule has 0 spiro atoms. The van der Waals surface area contributed by atoms with E-state index in [0.29, 0.717) is 17.2 Å². The van der Waals surface area contributed by atoms with E-state index in [1.54, 1.807) is 11.8 Å². The van der Waals surface area contributed by atoms with Gasteiger partial charge in [0, 0.05) is 24.4 Å². The number of aryl methyl sites for hydroxylation is 1. The van der Waals surface area contributed by atoms with Gasteiger partial charge in [-0.05, 0) is 44.2 Å². The minimum atomic E-state index is -0.322. The zero-order chi connectivity index (χ0) is 18.0. The summed E-state index contributed by atoms with van der Waals surface area (Å²) in [6.07, 6.45) is 2.99. The zero-order valence-corrected chi connectivity index (χ0v) is 16.2. The topological polar surface area (TPSA) is 40.6 Å². The molecule has 2 aliphatic heterocycles. The quantitative estimate of drug-likeness (QED) is 0.828. The molecular formula is C20H28N2O2S. The van der Waals surface area contributed by atoms with Crippen LogP contribution in [0, 0.1) is 12.8 Å². The summed E-state index contributed by atoms with van der Waals surface area (Å²) in [5.74, 6) is 1.52. The first-order valence-electron chi connectivity index (χ1n) is 9.31. The molecule has 5 heteroatoms. The lowest BCUT2D eigenvalue weighted by molar-refractivity contribution is -0.136. The molecule has 2 unspecified atom stereocenters. The van der Waals surface area contributed by atoms with Crippen molar-refractivity contribution in [1.82, 2.24) is 9.80 Å². The third-order valence-electron chi connectivity index (χ3n) is 5.36. The summed E-state index contributed by atoms with van der Waals surface area (Å²) in [7, 11) is 0. The number of hydrogen-bond acceptors (Lipinski definition) is 3. The summed E-state index contributed by atoms with van der Waals surface area (Å²) in [5, 5.41) is 0.0893. The van der Waals surface area contributed by atoms with Crippen LogP contribution in [0.4, 0.5) is 0 Å². The minimum absolute atomic E-state index is 0.0134. The minimum Gasteiger partial charge on any atom is -0.341 e. The molecular weight excluding hydrogens is 332 g/mol. The summed E-state index contributed by atoms with van der Waals surface area (Å²) < 4.78 is 0. The molecule has 1 aromatic rings. The van der Waals surface area contributed by atoms with E-state index in [2.05, 4.69) is 13.8 Å². The second-order valence-corrected chi connectivity index (χ2v) is 8.51. The van der Waals surface area contributed by atoms with Crippen LogP contribution in [0.25, 0.3) is 0 Å². The van der Waals surface area contributed by atoms with Crippen molar-refractivity contribution in [2.75, 3.05) is 18.8 Å².